The summed E-state index contributed by atoms with van der Waals surface area (Å²) in [6.45, 7) is 0.980. The van der Waals surface area contributed by atoms with E-state index in [4.69, 9.17) is 0 Å². The monoisotopic (exact) mass is 396 g/mol. The zero-order valence-electron chi connectivity index (χ0n) is 15.4. The van der Waals surface area contributed by atoms with Crippen LogP contribution in [0.4, 0.5) is 5.95 Å². The van der Waals surface area contributed by atoms with Crippen molar-refractivity contribution in [2.24, 2.45) is 0 Å². The molecule has 1 aliphatic heterocycles. The molecule has 3 aromatic rings. The molecule has 2 aromatic heterocycles. The molecule has 144 valence electrons. The first-order valence-electron chi connectivity index (χ1n) is 9.01. The van der Waals surface area contributed by atoms with Crippen LogP contribution in [0.2, 0.25) is 0 Å². The third-order valence-electron chi connectivity index (χ3n) is 4.98. The molecule has 0 atom stereocenters. The Morgan fingerprint density at radius 1 is 1.21 bits per heavy atom. The fraction of sp³-hybridized carbons (Fsp3) is 0.316. The van der Waals surface area contributed by atoms with Crippen molar-refractivity contribution in [3.63, 3.8) is 0 Å². The lowest BCUT2D eigenvalue weighted by atomic mass is 10.1. The second kappa shape index (κ2) is 7.22. The SMILES string of the molecule is CS(=O)(=O)N1CCC(Nc2nccc(-n3cc(C#N)c4ccccc43)n2)CC1. The molecule has 0 amide bonds. The van der Waals surface area contributed by atoms with Crippen molar-refractivity contribution in [1.82, 2.24) is 18.8 Å². The van der Waals surface area contributed by atoms with Gasteiger partial charge in [-0.05, 0) is 25.0 Å². The molecule has 8 nitrogen and oxygen atoms in total. The van der Waals surface area contributed by atoms with Crippen molar-refractivity contribution in [3.8, 4) is 11.9 Å². The molecule has 1 N–H and O–H groups in total. The Bertz CT molecular complexity index is 1160. The second-order valence-corrected chi connectivity index (χ2v) is 8.84. The molecule has 9 heteroatoms. The summed E-state index contributed by atoms with van der Waals surface area (Å²) in [6.07, 6.45) is 6.10. The Morgan fingerprint density at radius 3 is 2.68 bits per heavy atom. The molecule has 0 saturated carbocycles. The van der Waals surface area contributed by atoms with Crippen LogP contribution in [-0.2, 0) is 10.0 Å². The van der Waals surface area contributed by atoms with Crippen LogP contribution in [0.15, 0.2) is 42.7 Å². The zero-order chi connectivity index (χ0) is 19.7. The third kappa shape index (κ3) is 3.56. The van der Waals surface area contributed by atoms with E-state index in [9.17, 15) is 13.7 Å². The van der Waals surface area contributed by atoms with Gasteiger partial charge in [0.1, 0.15) is 11.9 Å². The fourth-order valence-electron chi connectivity index (χ4n) is 3.53. The lowest BCUT2D eigenvalue weighted by molar-refractivity contribution is 0.331. The van der Waals surface area contributed by atoms with Crippen LogP contribution in [0.3, 0.4) is 0 Å². The van der Waals surface area contributed by atoms with Gasteiger partial charge < -0.3 is 5.32 Å². The molecule has 1 aromatic carbocycles. The molecule has 1 aliphatic rings. The summed E-state index contributed by atoms with van der Waals surface area (Å²) < 4.78 is 26.7. The van der Waals surface area contributed by atoms with Gasteiger partial charge in [0.15, 0.2) is 0 Å². The lowest BCUT2D eigenvalue weighted by Gasteiger charge is -2.30. The Labute approximate surface area is 163 Å². The lowest BCUT2D eigenvalue weighted by Crippen LogP contribution is -2.42. The van der Waals surface area contributed by atoms with Gasteiger partial charge in [0.2, 0.25) is 16.0 Å². The maximum Gasteiger partial charge on any atom is 0.224 e. The molecule has 1 fully saturated rings. The molecular weight excluding hydrogens is 376 g/mol. The topological polar surface area (TPSA) is 104 Å². The minimum Gasteiger partial charge on any atom is -0.351 e. The first-order chi connectivity index (χ1) is 13.5. The van der Waals surface area contributed by atoms with E-state index in [1.807, 2.05) is 28.8 Å². The number of aromatic nitrogens is 3. The quantitative estimate of drug-likeness (QED) is 0.724. The first-order valence-corrected chi connectivity index (χ1v) is 10.9. The van der Waals surface area contributed by atoms with Crippen molar-refractivity contribution in [3.05, 3.63) is 48.3 Å². The maximum atomic E-state index is 11.6. The summed E-state index contributed by atoms with van der Waals surface area (Å²) in [5.41, 5.74) is 1.50. The van der Waals surface area contributed by atoms with Gasteiger partial charge in [-0.1, -0.05) is 18.2 Å². The number of hydrogen-bond donors (Lipinski definition) is 1. The number of nitrogens with one attached hydrogen (secondary N) is 1. The average molecular weight is 396 g/mol. The van der Waals surface area contributed by atoms with Gasteiger partial charge >= 0.3 is 0 Å². The van der Waals surface area contributed by atoms with E-state index in [0.29, 0.717) is 43.3 Å². The Morgan fingerprint density at radius 2 is 1.96 bits per heavy atom. The predicted molar refractivity (Wildman–Crippen MR) is 107 cm³/mol. The van der Waals surface area contributed by atoms with E-state index in [1.54, 1.807) is 18.5 Å². The minimum atomic E-state index is -3.14. The van der Waals surface area contributed by atoms with Crippen LogP contribution in [-0.4, -0.2) is 52.6 Å². The standard InChI is InChI=1S/C19H20N6O2S/c1-28(26,27)24-10-7-15(8-11-24)22-19-21-9-6-18(23-19)25-13-14(12-20)16-4-2-3-5-17(16)25/h2-6,9,13,15H,7-8,10-11H2,1H3,(H,21,22,23). The van der Waals surface area contributed by atoms with Crippen LogP contribution in [0.25, 0.3) is 16.7 Å². The smallest absolute Gasteiger partial charge is 0.224 e. The summed E-state index contributed by atoms with van der Waals surface area (Å²) >= 11 is 0. The number of nitrogens with zero attached hydrogens (tertiary/aromatic N) is 5. The highest BCUT2D eigenvalue weighted by molar-refractivity contribution is 7.88. The number of anilines is 1. The van der Waals surface area contributed by atoms with Gasteiger partial charge in [0, 0.05) is 36.9 Å². The van der Waals surface area contributed by atoms with E-state index in [1.165, 1.54) is 10.6 Å². The largest absolute Gasteiger partial charge is 0.351 e. The normalized spacial score (nSPS) is 16.1. The fourth-order valence-corrected chi connectivity index (χ4v) is 4.40. The number of para-hydroxylation sites is 1. The third-order valence-corrected chi connectivity index (χ3v) is 6.28. The zero-order valence-corrected chi connectivity index (χ0v) is 16.2. The van der Waals surface area contributed by atoms with E-state index >= 15 is 0 Å². The molecule has 0 spiro atoms. The van der Waals surface area contributed by atoms with Gasteiger partial charge in [0.05, 0.1) is 17.3 Å². The summed E-state index contributed by atoms with van der Waals surface area (Å²) in [7, 11) is -3.14. The van der Waals surface area contributed by atoms with Crippen LogP contribution >= 0.6 is 0 Å². The first kappa shape index (κ1) is 18.4. The van der Waals surface area contributed by atoms with Crippen LogP contribution in [0.5, 0.6) is 0 Å². The van der Waals surface area contributed by atoms with Crippen LogP contribution in [0, 0.1) is 11.3 Å². The molecule has 3 heterocycles. The van der Waals surface area contributed by atoms with Crippen LogP contribution in [0.1, 0.15) is 18.4 Å². The van der Waals surface area contributed by atoms with E-state index < -0.39 is 10.0 Å². The molecule has 0 radical (unpaired) electrons. The van der Waals surface area contributed by atoms with E-state index in [0.717, 1.165) is 10.9 Å². The number of benzene rings is 1. The maximum absolute atomic E-state index is 11.6. The number of piperidine rings is 1. The van der Waals surface area contributed by atoms with Crippen molar-refractivity contribution >= 4 is 26.9 Å². The highest BCUT2D eigenvalue weighted by Crippen LogP contribution is 2.24. The Hall–Kier alpha value is -2.96. The van der Waals surface area contributed by atoms with Crippen LogP contribution < -0.4 is 5.32 Å². The highest BCUT2D eigenvalue weighted by atomic mass is 32.2. The predicted octanol–water partition coefficient (Wildman–Crippen LogP) is 2.13. The summed E-state index contributed by atoms with van der Waals surface area (Å²) in [6, 6.07) is 11.8. The number of nitriles is 1. The molecule has 0 unspecified atom stereocenters. The van der Waals surface area contributed by atoms with Gasteiger partial charge in [-0.15, -0.1) is 0 Å². The number of hydrogen-bond acceptors (Lipinski definition) is 6. The Balaban J connectivity index is 1.56. The van der Waals surface area contributed by atoms with E-state index in [2.05, 4.69) is 21.4 Å². The Kier molecular flexibility index (Phi) is 4.75. The second-order valence-electron chi connectivity index (χ2n) is 6.86. The van der Waals surface area contributed by atoms with Gasteiger partial charge in [-0.3, -0.25) is 4.57 Å². The number of fused-ring (bicyclic) bond motifs is 1. The van der Waals surface area contributed by atoms with Crippen molar-refractivity contribution in [2.75, 3.05) is 24.7 Å². The van der Waals surface area contributed by atoms with Crippen molar-refractivity contribution in [1.29, 1.82) is 5.26 Å². The van der Waals surface area contributed by atoms with Gasteiger partial charge in [0.25, 0.3) is 0 Å². The molecule has 0 bridgehead atoms. The molecule has 0 aliphatic carbocycles. The summed E-state index contributed by atoms with van der Waals surface area (Å²) in [5.74, 6) is 1.16. The highest BCUT2D eigenvalue weighted by Gasteiger charge is 2.25. The van der Waals surface area contributed by atoms with Crippen molar-refractivity contribution in [2.45, 2.75) is 18.9 Å². The average Bonchev–Trinajstić information content (AvgIpc) is 3.07. The molecule has 1 saturated heterocycles. The van der Waals surface area contributed by atoms with Crippen molar-refractivity contribution < 1.29 is 8.42 Å². The molecule has 28 heavy (non-hydrogen) atoms. The van der Waals surface area contributed by atoms with Gasteiger partial charge in [-0.25, -0.2) is 17.7 Å². The van der Waals surface area contributed by atoms with E-state index in [-0.39, 0.29) is 6.04 Å². The minimum absolute atomic E-state index is 0.115. The number of sulfonamides is 1. The number of rotatable bonds is 4. The van der Waals surface area contributed by atoms with Gasteiger partial charge in [-0.2, -0.15) is 10.2 Å². The summed E-state index contributed by atoms with van der Waals surface area (Å²) in [5, 5.41) is 13.6. The summed E-state index contributed by atoms with van der Waals surface area (Å²) in [4.78, 5) is 8.90. The molecular formula is C19H20N6O2S. The molecule has 4 rings (SSSR count).